The van der Waals surface area contributed by atoms with Crippen LogP contribution < -0.4 is 14.9 Å². The summed E-state index contributed by atoms with van der Waals surface area (Å²) in [6.45, 7) is -0.149. The lowest BCUT2D eigenvalue weighted by Crippen LogP contribution is -2.24. The van der Waals surface area contributed by atoms with Crippen molar-refractivity contribution in [2.24, 2.45) is 5.10 Å². The van der Waals surface area contributed by atoms with E-state index < -0.39 is 5.97 Å². The molecule has 1 N–H and O–H groups in total. The zero-order valence-corrected chi connectivity index (χ0v) is 17.1. The second kappa shape index (κ2) is 10.4. The van der Waals surface area contributed by atoms with Gasteiger partial charge in [0.1, 0.15) is 11.5 Å². The first-order chi connectivity index (χ1) is 14.5. The maximum absolute atomic E-state index is 12.2. The van der Waals surface area contributed by atoms with Gasteiger partial charge in [-0.15, -0.1) is 0 Å². The number of nitrogens with zero attached hydrogens (tertiary/aromatic N) is 1. The van der Waals surface area contributed by atoms with Crippen molar-refractivity contribution in [3.8, 4) is 11.5 Å². The molecule has 0 aliphatic heterocycles. The van der Waals surface area contributed by atoms with Gasteiger partial charge < -0.3 is 9.47 Å². The lowest BCUT2D eigenvalue weighted by atomic mass is 10.2. The Balaban J connectivity index is 1.49. The Morgan fingerprint density at radius 1 is 0.933 bits per heavy atom. The quantitative estimate of drug-likeness (QED) is 0.248. The summed E-state index contributed by atoms with van der Waals surface area (Å²) in [5.74, 6) is -0.0469. The van der Waals surface area contributed by atoms with Gasteiger partial charge in [-0.2, -0.15) is 5.10 Å². The molecular weight excluding hydrogens is 427 g/mol. The molecule has 8 heteroatoms. The number of esters is 1. The van der Waals surface area contributed by atoms with Gasteiger partial charge in [0, 0.05) is 5.02 Å². The molecule has 0 bridgehead atoms. The summed E-state index contributed by atoms with van der Waals surface area (Å²) in [6.07, 6.45) is 1.46. The van der Waals surface area contributed by atoms with E-state index in [-0.39, 0.29) is 23.1 Å². The average molecular weight is 443 g/mol. The molecule has 0 atom stereocenters. The van der Waals surface area contributed by atoms with Crippen molar-refractivity contribution in [2.45, 2.75) is 0 Å². The molecule has 152 valence electrons. The third kappa shape index (κ3) is 6.34. The topological polar surface area (TPSA) is 77.0 Å². The van der Waals surface area contributed by atoms with Crippen LogP contribution in [0.2, 0.25) is 10.0 Å². The van der Waals surface area contributed by atoms with E-state index in [0.717, 1.165) is 0 Å². The van der Waals surface area contributed by atoms with Crippen molar-refractivity contribution in [1.29, 1.82) is 0 Å². The zero-order chi connectivity index (χ0) is 21.3. The van der Waals surface area contributed by atoms with E-state index in [1.807, 2.05) is 18.2 Å². The van der Waals surface area contributed by atoms with Crippen molar-refractivity contribution in [2.75, 3.05) is 6.61 Å². The van der Waals surface area contributed by atoms with Crippen LogP contribution in [-0.4, -0.2) is 24.7 Å². The van der Waals surface area contributed by atoms with Crippen molar-refractivity contribution >= 4 is 41.3 Å². The predicted octanol–water partition coefficient (Wildman–Crippen LogP) is 4.74. The molecular formula is C22H16Cl2N2O4. The Morgan fingerprint density at radius 3 is 2.37 bits per heavy atom. The summed E-state index contributed by atoms with van der Waals surface area (Å²) in [5, 5.41) is 4.51. The fourth-order valence-corrected chi connectivity index (χ4v) is 2.80. The maximum atomic E-state index is 12.2. The van der Waals surface area contributed by atoms with Crippen LogP contribution in [0.15, 0.2) is 77.9 Å². The summed E-state index contributed by atoms with van der Waals surface area (Å²) in [4.78, 5) is 23.9. The Hall–Kier alpha value is -3.35. The SMILES string of the molecule is O=C(COc1ccccc1)N/N=C/c1ccc(OC(=O)c2ccc(Cl)cc2Cl)cc1. The van der Waals surface area contributed by atoms with Crippen LogP contribution in [0, 0.1) is 0 Å². The first kappa shape index (κ1) is 21.4. The summed E-state index contributed by atoms with van der Waals surface area (Å²) < 4.78 is 10.6. The van der Waals surface area contributed by atoms with E-state index in [2.05, 4.69) is 10.5 Å². The molecule has 0 heterocycles. The fraction of sp³-hybridized carbons (Fsp3) is 0.0455. The number of hydrazone groups is 1. The third-order valence-corrected chi connectivity index (χ3v) is 4.31. The highest BCUT2D eigenvalue weighted by Gasteiger charge is 2.13. The van der Waals surface area contributed by atoms with Crippen molar-refractivity contribution in [3.63, 3.8) is 0 Å². The van der Waals surface area contributed by atoms with E-state index in [1.165, 1.54) is 18.3 Å². The van der Waals surface area contributed by atoms with Crippen LogP contribution in [-0.2, 0) is 4.79 Å². The van der Waals surface area contributed by atoms with E-state index in [4.69, 9.17) is 32.7 Å². The van der Waals surface area contributed by atoms with Gasteiger partial charge in [0.05, 0.1) is 16.8 Å². The minimum Gasteiger partial charge on any atom is -0.484 e. The molecule has 0 aromatic heterocycles. The van der Waals surface area contributed by atoms with Crippen LogP contribution in [0.4, 0.5) is 0 Å². The minimum atomic E-state index is -0.594. The first-order valence-electron chi connectivity index (χ1n) is 8.78. The third-order valence-electron chi connectivity index (χ3n) is 3.76. The molecule has 3 aromatic carbocycles. The van der Waals surface area contributed by atoms with Crippen LogP contribution in [0.1, 0.15) is 15.9 Å². The number of rotatable bonds is 7. The Kier molecular flexibility index (Phi) is 7.43. The number of ether oxygens (including phenoxy) is 2. The van der Waals surface area contributed by atoms with Crippen molar-refractivity contribution in [1.82, 2.24) is 5.43 Å². The number of hydrogen-bond donors (Lipinski definition) is 1. The number of benzene rings is 3. The number of halogens is 2. The van der Waals surface area contributed by atoms with Crippen LogP contribution in [0.25, 0.3) is 0 Å². The van der Waals surface area contributed by atoms with Gasteiger partial charge in [-0.05, 0) is 60.2 Å². The molecule has 0 aliphatic rings. The van der Waals surface area contributed by atoms with Gasteiger partial charge in [-0.1, -0.05) is 41.4 Å². The summed E-state index contributed by atoms with van der Waals surface area (Å²) >= 11 is 11.8. The lowest BCUT2D eigenvalue weighted by molar-refractivity contribution is -0.123. The van der Waals surface area contributed by atoms with Crippen molar-refractivity contribution < 1.29 is 19.1 Å². The standard InChI is InChI=1S/C22H16Cl2N2O4/c23-16-8-11-19(20(24)12-16)22(28)30-18-9-6-15(7-10-18)13-25-26-21(27)14-29-17-4-2-1-3-5-17/h1-13H,14H2,(H,26,27)/b25-13+. The molecule has 0 spiro atoms. The van der Waals surface area contributed by atoms with E-state index >= 15 is 0 Å². The fourth-order valence-electron chi connectivity index (χ4n) is 2.32. The van der Waals surface area contributed by atoms with Gasteiger partial charge in [0.2, 0.25) is 0 Å². The van der Waals surface area contributed by atoms with Crippen LogP contribution >= 0.6 is 23.2 Å². The van der Waals surface area contributed by atoms with Crippen LogP contribution in [0.3, 0.4) is 0 Å². The number of carbonyl (C=O) groups excluding carboxylic acids is 2. The molecule has 0 saturated heterocycles. The van der Waals surface area contributed by atoms with Gasteiger partial charge in [-0.25, -0.2) is 10.2 Å². The molecule has 3 aromatic rings. The normalized spacial score (nSPS) is 10.6. The van der Waals surface area contributed by atoms with Gasteiger partial charge in [0.15, 0.2) is 6.61 Å². The molecule has 1 amide bonds. The molecule has 0 fully saturated rings. The van der Waals surface area contributed by atoms with E-state index in [0.29, 0.717) is 22.1 Å². The number of hydrogen-bond acceptors (Lipinski definition) is 5. The summed E-state index contributed by atoms with van der Waals surface area (Å²) in [5.41, 5.74) is 3.29. The maximum Gasteiger partial charge on any atom is 0.345 e. The lowest BCUT2D eigenvalue weighted by Gasteiger charge is -2.06. The molecule has 0 saturated carbocycles. The molecule has 6 nitrogen and oxygen atoms in total. The Morgan fingerprint density at radius 2 is 1.67 bits per heavy atom. The predicted molar refractivity (Wildman–Crippen MR) is 116 cm³/mol. The molecule has 3 rings (SSSR count). The summed E-state index contributed by atoms with van der Waals surface area (Å²) in [6, 6.07) is 20.1. The first-order valence-corrected chi connectivity index (χ1v) is 9.54. The van der Waals surface area contributed by atoms with Gasteiger partial charge >= 0.3 is 5.97 Å². The van der Waals surface area contributed by atoms with E-state index in [9.17, 15) is 9.59 Å². The molecule has 0 radical (unpaired) electrons. The minimum absolute atomic E-state index is 0.149. The molecule has 0 aliphatic carbocycles. The largest absolute Gasteiger partial charge is 0.484 e. The van der Waals surface area contributed by atoms with Gasteiger partial charge in [0.25, 0.3) is 5.91 Å². The second-order valence-corrected chi connectivity index (χ2v) is 6.82. The monoisotopic (exact) mass is 442 g/mol. The second-order valence-electron chi connectivity index (χ2n) is 5.98. The highest BCUT2D eigenvalue weighted by Crippen LogP contribution is 2.23. The highest BCUT2D eigenvalue weighted by atomic mass is 35.5. The van der Waals surface area contributed by atoms with Gasteiger partial charge in [-0.3, -0.25) is 4.79 Å². The number of carbonyl (C=O) groups is 2. The smallest absolute Gasteiger partial charge is 0.345 e. The summed E-state index contributed by atoms with van der Waals surface area (Å²) in [7, 11) is 0. The van der Waals surface area contributed by atoms with Crippen LogP contribution in [0.5, 0.6) is 11.5 Å². The average Bonchev–Trinajstić information content (AvgIpc) is 2.74. The highest BCUT2D eigenvalue weighted by molar-refractivity contribution is 6.36. The number of amides is 1. The molecule has 0 unspecified atom stereocenters. The van der Waals surface area contributed by atoms with Crippen molar-refractivity contribution in [3.05, 3.63) is 94.0 Å². The zero-order valence-electron chi connectivity index (χ0n) is 15.5. The number of nitrogens with one attached hydrogen (secondary N) is 1. The Bertz CT molecular complexity index is 1050. The Labute approximate surface area is 183 Å². The van der Waals surface area contributed by atoms with E-state index in [1.54, 1.807) is 42.5 Å². The molecule has 30 heavy (non-hydrogen) atoms. The number of para-hydroxylation sites is 1.